The fraction of sp³-hybridized carbons (Fsp3) is 0.500. The SMILES string of the molecule is C/C=C(\C=C/CCC)NC1N=C(C)NC(Cl)=N1. The molecule has 2 N–H and O–H groups in total. The number of aliphatic imine (C=N–C) groups is 2. The van der Waals surface area contributed by atoms with Crippen molar-refractivity contribution >= 4 is 22.7 Å². The summed E-state index contributed by atoms with van der Waals surface area (Å²) >= 11 is 5.84. The van der Waals surface area contributed by atoms with Crippen LogP contribution in [0.5, 0.6) is 0 Å². The molecule has 0 aromatic carbocycles. The summed E-state index contributed by atoms with van der Waals surface area (Å²) in [5.74, 6) is 0.760. The Balaban J connectivity index is 2.60. The van der Waals surface area contributed by atoms with Gasteiger partial charge in [-0.3, -0.25) is 0 Å². The molecule has 4 nitrogen and oxygen atoms in total. The molecule has 1 heterocycles. The molecule has 1 aliphatic rings. The van der Waals surface area contributed by atoms with Gasteiger partial charge in [-0.15, -0.1) is 0 Å². The number of rotatable bonds is 5. The van der Waals surface area contributed by atoms with Crippen molar-refractivity contribution in [2.45, 2.75) is 39.9 Å². The monoisotopic (exact) mass is 254 g/mol. The minimum absolute atomic E-state index is 0.346. The van der Waals surface area contributed by atoms with Crippen LogP contribution in [0.3, 0.4) is 0 Å². The van der Waals surface area contributed by atoms with Crippen molar-refractivity contribution in [3.05, 3.63) is 23.9 Å². The molecule has 0 aromatic heterocycles. The van der Waals surface area contributed by atoms with Crippen molar-refractivity contribution in [1.29, 1.82) is 0 Å². The van der Waals surface area contributed by atoms with Crippen molar-refractivity contribution in [3.8, 4) is 0 Å². The van der Waals surface area contributed by atoms with E-state index in [0.717, 1.165) is 24.4 Å². The van der Waals surface area contributed by atoms with Gasteiger partial charge in [0.2, 0.25) is 6.29 Å². The second-order valence-corrected chi connectivity index (χ2v) is 4.07. The van der Waals surface area contributed by atoms with E-state index in [0.29, 0.717) is 5.29 Å². The average molecular weight is 255 g/mol. The molecule has 0 amide bonds. The lowest BCUT2D eigenvalue weighted by Crippen LogP contribution is -2.36. The molecule has 94 valence electrons. The first-order chi connectivity index (χ1) is 8.15. The van der Waals surface area contributed by atoms with Crippen LogP contribution < -0.4 is 10.6 Å². The van der Waals surface area contributed by atoms with Gasteiger partial charge >= 0.3 is 0 Å². The maximum absolute atomic E-state index is 5.84. The van der Waals surface area contributed by atoms with Crippen molar-refractivity contribution in [3.63, 3.8) is 0 Å². The number of hydrogen-bond acceptors (Lipinski definition) is 4. The summed E-state index contributed by atoms with van der Waals surface area (Å²) < 4.78 is 0. The van der Waals surface area contributed by atoms with Gasteiger partial charge in [0.1, 0.15) is 5.84 Å². The largest absolute Gasteiger partial charge is 0.346 e. The van der Waals surface area contributed by atoms with Crippen LogP contribution in [0.4, 0.5) is 0 Å². The minimum Gasteiger partial charge on any atom is -0.346 e. The van der Waals surface area contributed by atoms with Crippen LogP contribution in [0.15, 0.2) is 33.9 Å². The molecule has 1 rings (SSSR count). The van der Waals surface area contributed by atoms with E-state index in [9.17, 15) is 0 Å². The summed E-state index contributed by atoms with van der Waals surface area (Å²) in [4.78, 5) is 8.44. The van der Waals surface area contributed by atoms with Gasteiger partial charge in [-0.25, -0.2) is 9.98 Å². The normalized spacial score (nSPS) is 20.9. The Morgan fingerprint density at radius 1 is 1.53 bits per heavy atom. The van der Waals surface area contributed by atoms with Gasteiger partial charge < -0.3 is 10.6 Å². The standard InChI is InChI=1S/C12H19ClN4/c1-4-6-7-8-10(5-2)16-12-15-9(3)14-11(13)17-12/h5,7-8,12,16H,4,6H2,1-3H3,(H,14,15,17)/b8-7-,10-5+. The molecule has 17 heavy (non-hydrogen) atoms. The molecule has 0 aliphatic carbocycles. The van der Waals surface area contributed by atoms with E-state index in [2.05, 4.69) is 33.6 Å². The molecule has 1 aliphatic heterocycles. The lowest BCUT2D eigenvalue weighted by molar-refractivity contribution is 0.617. The quantitative estimate of drug-likeness (QED) is 0.586. The first-order valence-electron chi connectivity index (χ1n) is 5.79. The fourth-order valence-corrected chi connectivity index (χ4v) is 1.58. The third-order valence-electron chi connectivity index (χ3n) is 2.20. The highest BCUT2D eigenvalue weighted by Crippen LogP contribution is 2.04. The fourth-order valence-electron chi connectivity index (χ4n) is 1.35. The zero-order chi connectivity index (χ0) is 12.7. The molecule has 5 heteroatoms. The van der Waals surface area contributed by atoms with E-state index in [1.807, 2.05) is 26.0 Å². The summed E-state index contributed by atoms with van der Waals surface area (Å²) in [6.45, 7) is 5.98. The number of halogens is 1. The Morgan fingerprint density at radius 2 is 2.29 bits per heavy atom. The molecule has 0 bridgehead atoms. The number of nitrogens with zero attached hydrogens (tertiary/aromatic N) is 2. The number of unbranched alkanes of at least 4 members (excludes halogenated alkanes) is 1. The number of nitrogens with one attached hydrogen (secondary N) is 2. The summed E-state index contributed by atoms with van der Waals surface area (Å²) in [5.41, 5.74) is 0.995. The first-order valence-corrected chi connectivity index (χ1v) is 6.17. The van der Waals surface area contributed by atoms with Crippen molar-refractivity contribution in [2.24, 2.45) is 9.98 Å². The van der Waals surface area contributed by atoms with Crippen LogP contribution in [0.25, 0.3) is 0 Å². The Bertz CT molecular complexity index is 351. The molecular formula is C12H19ClN4. The van der Waals surface area contributed by atoms with E-state index in [1.165, 1.54) is 0 Å². The zero-order valence-corrected chi connectivity index (χ0v) is 11.3. The van der Waals surface area contributed by atoms with Crippen molar-refractivity contribution < 1.29 is 0 Å². The van der Waals surface area contributed by atoms with Crippen LogP contribution in [0.1, 0.15) is 33.6 Å². The average Bonchev–Trinajstić information content (AvgIpc) is 2.26. The van der Waals surface area contributed by atoms with Crippen LogP contribution >= 0.6 is 11.6 Å². The summed E-state index contributed by atoms with van der Waals surface area (Å²) in [5, 5.41) is 6.40. The maximum atomic E-state index is 5.84. The van der Waals surface area contributed by atoms with Gasteiger partial charge in [0.05, 0.1) is 0 Å². The van der Waals surface area contributed by atoms with Crippen LogP contribution in [0, 0.1) is 0 Å². The van der Waals surface area contributed by atoms with E-state index >= 15 is 0 Å². The van der Waals surface area contributed by atoms with Gasteiger partial charge in [-0.1, -0.05) is 25.5 Å². The van der Waals surface area contributed by atoms with Gasteiger partial charge in [0.15, 0.2) is 5.29 Å². The number of allylic oxidation sites excluding steroid dienone is 3. The second kappa shape index (κ2) is 7.12. The van der Waals surface area contributed by atoms with Gasteiger partial charge in [0, 0.05) is 5.70 Å². The molecule has 1 atom stereocenters. The van der Waals surface area contributed by atoms with Crippen LogP contribution in [-0.4, -0.2) is 17.4 Å². The topological polar surface area (TPSA) is 48.8 Å². The molecule has 0 fully saturated rings. The predicted molar refractivity (Wildman–Crippen MR) is 74.3 cm³/mol. The molecule has 0 saturated carbocycles. The van der Waals surface area contributed by atoms with Crippen molar-refractivity contribution in [2.75, 3.05) is 0 Å². The van der Waals surface area contributed by atoms with Gasteiger partial charge in [-0.2, -0.15) is 0 Å². The number of hydrogen-bond donors (Lipinski definition) is 2. The third kappa shape index (κ3) is 5.04. The lowest BCUT2D eigenvalue weighted by Gasteiger charge is -2.18. The van der Waals surface area contributed by atoms with E-state index in [-0.39, 0.29) is 6.29 Å². The maximum Gasteiger partial charge on any atom is 0.218 e. The van der Waals surface area contributed by atoms with Gasteiger partial charge in [-0.05, 0) is 37.9 Å². The number of amidine groups is 2. The molecule has 0 aromatic rings. The highest BCUT2D eigenvalue weighted by Gasteiger charge is 2.11. The smallest absolute Gasteiger partial charge is 0.218 e. The third-order valence-corrected chi connectivity index (χ3v) is 2.39. The Morgan fingerprint density at radius 3 is 2.88 bits per heavy atom. The summed E-state index contributed by atoms with van der Waals surface area (Å²) in [6, 6.07) is 0. The molecule has 0 spiro atoms. The highest BCUT2D eigenvalue weighted by atomic mass is 35.5. The molecule has 1 unspecified atom stereocenters. The molecular weight excluding hydrogens is 236 g/mol. The van der Waals surface area contributed by atoms with Gasteiger partial charge in [0.25, 0.3) is 0 Å². The molecule has 0 radical (unpaired) electrons. The first kappa shape index (κ1) is 13.8. The highest BCUT2D eigenvalue weighted by molar-refractivity contribution is 6.66. The Kier molecular flexibility index (Phi) is 5.77. The Labute approximate surface area is 108 Å². The zero-order valence-electron chi connectivity index (χ0n) is 10.5. The molecule has 0 saturated heterocycles. The van der Waals surface area contributed by atoms with Crippen molar-refractivity contribution in [1.82, 2.24) is 10.6 Å². The summed E-state index contributed by atoms with van der Waals surface area (Å²) in [6.07, 6.45) is 8.02. The van der Waals surface area contributed by atoms with E-state index in [1.54, 1.807) is 0 Å². The van der Waals surface area contributed by atoms with Crippen LogP contribution in [0.2, 0.25) is 0 Å². The minimum atomic E-state index is -0.346. The second-order valence-electron chi connectivity index (χ2n) is 3.71. The van der Waals surface area contributed by atoms with Crippen LogP contribution in [-0.2, 0) is 0 Å². The summed E-state index contributed by atoms with van der Waals surface area (Å²) in [7, 11) is 0. The lowest BCUT2D eigenvalue weighted by atomic mass is 10.3. The van der Waals surface area contributed by atoms with E-state index < -0.39 is 0 Å². The van der Waals surface area contributed by atoms with E-state index in [4.69, 9.17) is 11.6 Å². The Hall–Kier alpha value is -1.29. The predicted octanol–water partition coefficient (Wildman–Crippen LogP) is 2.74.